The Morgan fingerprint density at radius 3 is 2.64 bits per heavy atom. The number of hydrogen-bond acceptors (Lipinski definition) is 6. The first-order chi connectivity index (χ1) is 12.1. The van der Waals surface area contributed by atoms with Crippen molar-refractivity contribution in [2.75, 3.05) is 11.5 Å². The number of nitriles is 1. The molecule has 2 aromatic carbocycles. The Bertz CT molecular complexity index is 968. The van der Waals surface area contributed by atoms with Crippen LogP contribution in [0.5, 0.6) is 5.75 Å². The lowest BCUT2D eigenvalue weighted by Crippen LogP contribution is -2.05. The molecule has 0 bridgehead atoms. The Hall–Kier alpha value is -3.30. The highest BCUT2D eigenvalue weighted by Gasteiger charge is 2.13. The maximum atomic E-state index is 9.31. The van der Waals surface area contributed by atoms with Gasteiger partial charge in [0, 0.05) is 16.1 Å². The quantitative estimate of drug-likeness (QED) is 0.745. The topological polar surface area (TPSA) is 111 Å². The predicted molar refractivity (Wildman–Crippen MR) is 96.8 cm³/mol. The van der Waals surface area contributed by atoms with Crippen molar-refractivity contribution < 1.29 is 4.74 Å². The Balaban J connectivity index is 1.90. The van der Waals surface area contributed by atoms with Gasteiger partial charge >= 0.3 is 0 Å². The highest BCUT2D eigenvalue weighted by atomic mass is 35.5. The Kier molecular flexibility index (Phi) is 4.68. The molecule has 0 atom stereocenters. The van der Waals surface area contributed by atoms with Gasteiger partial charge in [-0.15, -0.1) is 0 Å². The molecule has 0 unspecified atom stereocenters. The van der Waals surface area contributed by atoms with E-state index < -0.39 is 0 Å². The van der Waals surface area contributed by atoms with Crippen LogP contribution in [0.3, 0.4) is 0 Å². The molecule has 7 heteroatoms. The van der Waals surface area contributed by atoms with Crippen LogP contribution in [0.15, 0.2) is 48.5 Å². The van der Waals surface area contributed by atoms with Crippen molar-refractivity contribution in [1.29, 1.82) is 5.26 Å². The second kappa shape index (κ2) is 7.07. The van der Waals surface area contributed by atoms with Crippen LogP contribution in [0, 0.1) is 11.3 Å². The third kappa shape index (κ3) is 3.62. The monoisotopic (exact) mass is 351 g/mol. The summed E-state index contributed by atoms with van der Waals surface area (Å²) in [6.07, 6.45) is 0. The summed E-state index contributed by atoms with van der Waals surface area (Å²) in [7, 11) is 0. The molecule has 0 aliphatic heterocycles. The number of nitrogens with two attached hydrogens (primary N) is 2. The van der Waals surface area contributed by atoms with Gasteiger partial charge in [-0.3, -0.25) is 0 Å². The summed E-state index contributed by atoms with van der Waals surface area (Å²) in [5.41, 5.74) is 13.5. The van der Waals surface area contributed by atoms with Crippen LogP contribution in [-0.2, 0) is 6.61 Å². The molecule has 0 amide bonds. The number of ether oxygens (including phenoxy) is 1. The number of nitrogens with zero attached hydrogens (tertiary/aromatic N) is 3. The van der Waals surface area contributed by atoms with Crippen LogP contribution < -0.4 is 16.2 Å². The van der Waals surface area contributed by atoms with Crippen molar-refractivity contribution in [3.63, 3.8) is 0 Å². The van der Waals surface area contributed by atoms with Gasteiger partial charge in [0.2, 0.25) is 5.95 Å². The molecule has 25 heavy (non-hydrogen) atoms. The lowest BCUT2D eigenvalue weighted by molar-refractivity contribution is 0.306. The normalized spacial score (nSPS) is 10.2. The zero-order valence-electron chi connectivity index (χ0n) is 13.1. The molecular weight excluding hydrogens is 338 g/mol. The summed E-state index contributed by atoms with van der Waals surface area (Å²) < 4.78 is 5.80. The van der Waals surface area contributed by atoms with Crippen molar-refractivity contribution in [2.45, 2.75) is 6.61 Å². The fourth-order valence-electron chi connectivity index (χ4n) is 2.32. The van der Waals surface area contributed by atoms with E-state index >= 15 is 0 Å². The number of anilines is 2. The second-order valence-electron chi connectivity index (χ2n) is 5.21. The number of aromatic nitrogens is 2. The van der Waals surface area contributed by atoms with Gasteiger partial charge in [-0.1, -0.05) is 41.9 Å². The van der Waals surface area contributed by atoms with E-state index in [0.717, 1.165) is 5.56 Å². The smallest absolute Gasteiger partial charge is 0.222 e. The molecule has 0 aliphatic rings. The highest BCUT2D eigenvalue weighted by Crippen LogP contribution is 2.28. The summed E-state index contributed by atoms with van der Waals surface area (Å²) in [6.45, 7) is 0.322. The van der Waals surface area contributed by atoms with Gasteiger partial charge in [-0.2, -0.15) is 10.2 Å². The molecule has 1 heterocycles. The van der Waals surface area contributed by atoms with Crippen molar-refractivity contribution in [3.8, 4) is 23.1 Å². The van der Waals surface area contributed by atoms with Crippen LogP contribution >= 0.6 is 11.6 Å². The first kappa shape index (κ1) is 16.6. The Labute approximate surface area is 149 Å². The second-order valence-corrected chi connectivity index (χ2v) is 5.62. The molecule has 4 N–H and O–H groups in total. The Morgan fingerprint density at radius 1 is 1.08 bits per heavy atom. The molecule has 3 rings (SSSR count). The van der Waals surface area contributed by atoms with Crippen LogP contribution in [0.25, 0.3) is 11.3 Å². The van der Waals surface area contributed by atoms with E-state index in [-0.39, 0.29) is 17.3 Å². The molecular formula is C18H14ClN5O. The third-order valence-electron chi connectivity index (χ3n) is 3.53. The maximum absolute atomic E-state index is 9.31. The van der Waals surface area contributed by atoms with Gasteiger partial charge in [-0.25, -0.2) is 4.98 Å². The third-order valence-corrected chi connectivity index (χ3v) is 3.89. The van der Waals surface area contributed by atoms with Gasteiger partial charge in [0.05, 0.1) is 5.69 Å². The molecule has 6 nitrogen and oxygen atoms in total. The van der Waals surface area contributed by atoms with Gasteiger partial charge < -0.3 is 16.2 Å². The fraction of sp³-hybridized carbons (Fsp3) is 0.0556. The zero-order chi connectivity index (χ0) is 17.8. The van der Waals surface area contributed by atoms with Crippen LogP contribution in [-0.4, -0.2) is 9.97 Å². The standard InChI is InChI=1S/C18H14ClN5O/c19-15-7-2-1-4-12(15)10-25-13-6-3-5-11(8-13)16-14(9-20)17(21)24-18(22)23-16/h1-8H,10H2,(H4,21,22,23,24). The molecule has 0 spiro atoms. The van der Waals surface area contributed by atoms with Crippen molar-refractivity contribution in [2.24, 2.45) is 0 Å². The van der Waals surface area contributed by atoms with Gasteiger partial charge in [0.1, 0.15) is 29.8 Å². The minimum Gasteiger partial charge on any atom is -0.489 e. The molecule has 3 aromatic rings. The molecule has 0 saturated heterocycles. The van der Waals surface area contributed by atoms with E-state index in [9.17, 15) is 5.26 Å². The molecule has 0 fully saturated rings. The SMILES string of the molecule is N#Cc1c(N)nc(N)nc1-c1cccc(OCc2ccccc2Cl)c1. The average Bonchev–Trinajstić information content (AvgIpc) is 2.61. The van der Waals surface area contributed by atoms with E-state index in [4.69, 9.17) is 27.8 Å². The van der Waals surface area contributed by atoms with Gasteiger partial charge in [0.15, 0.2) is 0 Å². The minimum atomic E-state index is 0.00823. The van der Waals surface area contributed by atoms with E-state index in [1.807, 2.05) is 30.3 Å². The summed E-state index contributed by atoms with van der Waals surface area (Å²) >= 11 is 6.13. The van der Waals surface area contributed by atoms with Crippen molar-refractivity contribution >= 4 is 23.4 Å². The maximum Gasteiger partial charge on any atom is 0.222 e. The molecule has 124 valence electrons. The lowest BCUT2D eigenvalue weighted by atomic mass is 10.1. The Morgan fingerprint density at radius 2 is 1.88 bits per heavy atom. The summed E-state index contributed by atoms with van der Waals surface area (Å²) in [6, 6.07) is 16.6. The lowest BCUT2D eigenvalue weighted by Gasteiger charge is -2.10. The molecule has 0 aliphatic carbocycles. The largest absolute Gasteiger partial charge is 0.489 e. The molecule has 1 aromatic heterocycles. The molecule has 0 radical (unpaired) electrons. The van der Waals surface area contributed by atoms with Crippen LogP contribution in [0.1, 0.15) is 11.1 Å². The first-order valence-corrected chi connectivity index (χ1v) is 7.76. The summed E-state index contributed by atoms with van der Waals surface area (Å²) in [4.78, 5) is 7.95. The number of halogens is 1. The number of hydrogen-bond donors (Lipinski definition) is 2. The number of nitrogen functional groups attached to an aromatic ring is 2. The van der Waals surface area contributed by atoms with E-state index in [2.05, 4.69) is 9.97 Å². The van der Waals surface area contributed by atoms with Crippen molar-refractivity contribution in [1.82, 2.24) is 9.97 Å². The average molecular weight is 352 g/mol. The van der Waals surface area contributed by atoms with E-state index in [0.29, 0.717) is 28.6 Å². The zero-order valence-corrected chi connectivity index (χ0v) is 13.9. The fourth-order valence-corrected chi connectivity index (χ4v) is 2.52. The number of rotatable bonds is 4. The number of benzene rings is 2. The minimum absolute atomic E-state index is 0.00823. The van der Waals surface area contributed by atoms with Gasteiger partial charge in [-0.05, 0) is 18.2 Å². The van der Waals surface area contributed by atoms with Crippen molar-refractivity contribution in [3.05, 3.63) is 64.7 Å². The van der Waals surface area contributed by atoms with Crippen LogP contribution in [0.2, 0.25) is 5.02 Å². The van der Waals surface area contributed by atoms with E-state index in [1.54, 1.807) is 24.3 Å². The summed E-state index contributed by atoms with van der Waals surface area (Å²) in [5.74, 6) is 0.665. The highest BCUT2D eigenvalue weighted by molar-refractivity contribution is 6.31. The molecule has 0 saturated carbocycles. The van der Waals surface area contributed by atoms with Crippen LogP contribution in [0.4, 0.5) is 11.8 Å². The summed E-state index contributed by atoms with van der Waals surface area (Å²) in [5, 5.41) is 9.95. The van der Waals surface area contributed by atoms with Gasteiger partial charge in [0.25, 0.3) is 0 Å². The van der Waals surface area contributed by atoms with E-state index in [1.165, 1.54) is 0 Å². The predicted octanol–water partition coefficient (Wildman–Crippen LogP) is 3.41. The first-order valence-electron chi connectivity index (χ1n) is 7.38.